The van der Waals surface area contributed by atoms with Gasteiger partial charge in [0.1, 0.15) is 5.69 Å². The van der Waals surface area contributed by atoms with E-state index in [9.17, 15) is 9.59 Å². The summed E-state index contributed by atoms with van der Waals surface area (Å²) in [4.78, 5) is 28.6. The number of carbonyl (C=O) groups is 2. The zero-order chi connectivity index (χ0) is 18.8. The van der Waals surface area contributed by atoms with Crippen LogP contribution < -0.4 is 10.6 Å². The first-order valence-corrected chi connectivity index (χ1v) is 9.69. The van der Waals surface area contributed by atoms with Crippen molar-refractivity contribution in [1.29, 1.82) is 0 Å². The second-order valence-electron chi connectivity index (χ2n) is 6.60. The molecule has 1 atom stereocenters. The van der Waals surface area contributed by atoms with Gasteiger partial charge in [0.15, 0.2) is 10.8 Å². The van der Waals surface area contributed by atoms with Gasteiger partial charge < -0.3 is 15.1 Å². The summed E-state index contributed by atoms with van der Waals surface area (Å²) in [7, 11) is 0. The van der Waals surface area contributed by atoms with E-state index < -0.39 is 0 Å². The molecule has 0 bridgehead atoms. The standard InChI is InChI=1S/C20H19N3O3S/c1-12(13-6-8-15(9-7-13)22-18(24)14-4-5-14)21-19(25)16-11-27-20(23-16)17-3-2-10-26-17/h2-3,6-12,14H,4-5H2,1H3,(H,21,25)(H,22,24). The van der Waals surface area contributed by atoms with Gasteiger partial charge in [-0.15, -0.1) is 11.3 Å². The molecule has 1 aromatic carbocycles. The van der Waals surface area contributed by atoms with Gasteiger partial charge in [0, 0.05) is 17.0 Å². The molecular weight excluding hydrogens is 362 g/mol. The zero-order valence-electron chi connectivity index (χ0n) is 14.8. The zero-order valence-corrected chi connectivity index (χ0v) is 15.6. The molecule has 6 nitrogen and oxygen atoms in total. The third kappa shape index (κ3) is 4.09. The van der Waals surface area contributed by atoms with E-state index in [0.717, 1.165) is 24.1 Å². The summed E-state index contributed by atoms with van der Waals surface area (Å²) >= 11 is 1.37. The van der Waals surface area contributed by atoms with Crippen molar-refractivity contribution < 1.29 is 14.0 Å². The Morgan fingerprint density at radius 2 is 2.00 bits per heavy atom. The van der Waals surface area contributed by atoms with Crippen molar-refractivity contribution in [3.05, 3.63) is 59.3 Å². The lowest BCUT2D eigenvalue weighted by atomic mass is 10.1. The molecule has 2 aromatic heterocycles. The number of rotatable bonds is 6. The van der Waals surface area contributed by atoms with Crippen LogP contribution in [-0.2, 0) is 4.79 Å². The maximum absolute atomic E-state index is 12.5. The first-order chi connectivity index (χ1) is 13.1. The van der Waals surface area contributed by atoms with Crippen LogP contribution in [0, 0.1) is 5.92 Å². The van der Waals surface area contributed by atoms with Crippen LogP contribution in [0.1, 0.15) is 41.9 Å². The number of benzene rings is 1. The van der Waals surface area contributed by atoms with Gasteiger partial charge in [0.05, 0.1) is 12.3 Å². The van der Waals surface area contributed by atoms with Crippen molar-refractivity contribution in [2.45, 2.75) is 25.8 Å². The average Bonchev–Trinajstić information content (AvgIpc) is 3.17. The van der Waals surface area contributed by atoms with Gasteiger partial charge in [0.2, 0.25) is 5.91 Å². The lowest BCUT2D eigenvalue weighted by Crippen LogP contribution is -2.26. The fourth-order valence-electron chi connectivity index (χ4n) is 2.69. The number of hydrogen-bond donors (Lipinski definition) is 2. The molecule has 138 valence electrons. The van der Waals surface area contributed by atoms with Gasteiger partial charge >= 0.3 is 0 Å². The maximum atomic E-state index is 12.5. The normalized spacial score (nSPS) is 14.6. The van der Waals surface area contributed by atoms with Gasteiger partial charge in [0.25, 0.3) is 5.91 Å². The molecule has 1 saturated carbocycles. The van der Waals surface area contributed by atoms with Gasteiger partial charge in [-0.25, -0.2) is 4.98 Å². The molecule has 0 radical (unpaired) electrons. The second kappa shape index (κ2) is 7.36. The fraction of sp³-hybridized carbons (Fsp3) is 0.250. The number of carbonyl (C=O) groups excluding carboxylic acids is 2. The lowest BCUT2D eigenvalue weighted by molar-refractivity contribution is -0.117. The predicted octanol–water partition coefficient (Wildman–Crippen LogP) is 4.24. The first-order valence-electron chi connectivity index (χ1n) is 8.81. The Kier molecular flexibility index (Phi) is 4.77. The Bertz CT molecular complexity index is 943. The Morgan fingerprint density at radius 3 is 2.67 bits per heavy atom. The number of thiazole rings is 1. The monoisotopic (exact) mass is 381 g/mol. The molecule has 27 heavy (non-hydrogen) atoms. The molecule has 0 spiro atoms. The smallest absolute Gasteiger partial charge is 0.271 e. The molecule has 1 aliphatic rings. The molecule has 4 rings (SSSR count). The Labute approximate surface area is 160 Å². The molecule has 2 amide bonds. The predicted molar refractivity (Wildman–Crippen MR) is 103 cm³/mol. The second-order valence-corrected chi connectivity index (χ2v) is 7.45. The Balaban J connectivity index is 1.37. The van der Waals surface area contributed by atoms with E-state index in [1.807, 2.05) is 37.3 Å². The summed E-state index contributed by atoms with van der Waals surface area (Å²) in [5.74, 6) is 0.672. The molecule has 1 unspecified atom stereocenters. The number of furan rings is 1. The third-order valence-corrected chi connectivity index (χ3v) is 5.30. The van der Waals surface area contributed by atoms with Crippen molar-refractivity contribution in [2.24, 2.45) is 5.92 Å². The van der Waals surface area contributed by atoms with E-state index in [2.05, 4.69) is 15.6 Å². The molecule has 3 aromatic rings. The highest BCUT2D eigenvalue weighted by atomic mass is 32.1. The number of aromatic nitrogens is 1. The molecular formula is C20H19N3O3S. The van der Waals surface area contributed by atoms with Crippen molar-refractivity contribution in [3.63, 3.8) is 0 Å². The maximum Gasteiger partial charge on any atom is 0.271 e. The van der Waals surface area contributed by atoms with E-state index in [1.165, 1.54) is 11.3 Å². The van der Waals surface area contributed by atoms with Crippen LogP contribution in [0.2, 0.25) is 0 Å². The minimum atomic E-state index is -0.234. The Hall–Kier alpha value is -2.93. The number of hydrogen-bond acceptors (Lipinski definition) is 5. The van der Waals surface area contributed by atoms with E-state index in [0.29, 0.717) is 16.5 Å². The topological polar surface area (TPSA) is 84.2 Å². The van der Waals surface area contributed by atoms with Crippen molar-refractivity contribution in [2.75, 3.05) is 5.32 Å². The number of amides is 2. The van der Waals surface area contributed by atoms with Crippen molar-refractivity contribution in [1.82, 2.24) is 10.3 Å². The highest BCUT2D eigenvalue weighted by Gasteiger charge is 2.29. The molecule has 2 N–H and O–H groups in total. The van der Waals surface area contributed by atoms with Gasteiger partial charge in [-0.1, -0.05) is 12.1 Å². The summed E-state index contributed by atoms with van der Waals surface area (Å²) in [5, 5.41) is 8.25. The van der Waals surface area contributed by atoms with Crippen LogP contribution in [0.4, 0.5) is 5.69 Å². The fourth-order valence-corrected chi connectivity index (χ4v) is 3.46. The minimum Gasteiger partial charge on any atom is -0.462 e. The number of nitrogens with one attached hydrogen (secondary N) is 2. The number of anilines is 1. The molecule has 0 aliphatic heterocycles. The summed E-state index contributed by atoms with van der Waals surface area (Å²) in [6, 6.07) is 10.9. The minimum absolute atomic E-state index is 0.0833. The van der Waals surface area contributed by atoms with Crippen molar-refractivity contribution >= 4 is 28.8 Å². The average molecular weight is 381 g/mol. The molecule has 7 heteroatoms. The van der Waals surface area contributed by atoms with Gasteiger partial charge in [-0.3, -0.25) is 9.59 Å². The largest absolute Gasteiger partial charge is 0.462 e. The van der Waals surface area contributed by atoms with Crippen LogP contribution in [0.5, 0.6) is 0 Å². The molecule has 2 heterocycles. The van der Waals surface area contributed by atoms with E-state index in [1.54, 1.807) is 17.7 Å². The van der Waals surface area contributed by atoms with Crippen molar-refractivity contribution in [3.8, 4) is 10.8 Å². The van der Waals surface area contributed by atoms with Gasteiger partial charge in [-0.05, 0) is 49.6 Å². The van der Waals surface area contributed by atoms with Gasteiger partial charge in [-0.2, -0.15) is 0 Å². The third-order valence-electron chi connectivity index (χ3n) is 4.44. The lowest BCUT2D eigenvalue weighted by Gasteiger charge is -2.14. The van der Waals surface area contributed by atoms with Crippen LogP contribution in [0.15, 0.2) is 52.5 Å². The van der Waals surface area contributed by atoms with Crippen LogP contribution in [0.25, 0.3) is 10.8 Å². The summed E-state index contributed by atoms with van der Waals surface area (Å²) < 4.78 is 5.31. The first kappa shape index (κ1) is 17.5. The van der Waals surface area contributed by atoms with E-state index in [-0.39, 0.29) is 23.8 Å². The quantitative estimate of drug-likeness (QED) is 0.669. The highest BCUT2D eigenvalue weighted by Crippen LogP contribution is 2.30. The summed E-state index contributed by atoms with van der Waals surface area (Å²) in [5.41, 5.74) is 2.09. The van der Waals surface area contributed by atoms with Crippen LogP contribution >= 0.6 is 11.3 Å². The molecule has 1 fully saturated rings. The molecule has 0 saturated heterocycles. The summed E-state index contributed by atoms with van der Waals surface area (Å²) in [6.07, 6.45) is 3.53. The SMILES string of the molecule is CC(NC(=O)c1csc(-c2ccco2)n1)c1ccc(NC(=O)C2CC2)cc1. The Morgan fingerprint density at radius 1 is 1.22 bits per heavy atom. The van der Waals surface area contributed by atoms with E-state index in [4.69, 9.17) is 4.42 Å². The van der Waals surface area contributed by atoms with Crippen LogP contribution in [0.3, 0.4) is 0 Å². The van der Waals surface area contributed by atoms with E-state index >= 15 is 0 Å². The number of nitrogens with zero attached hydrogens (tertiary/aromatic N) is 1. The van der Waals surface area contributed by atoms with Crippen LogP contribution in [-0.4, -0.2) is 16.8 Å². The highest BCUT2D eigenvalue weighted by molar-refractivity contribution is 7.13. The molecule has 1 aliphatic carbocycles. The summed E-state index contributed by atoms with van der Waals surface area (Å²) in [6.45, 7) is 1.91.